The highest BCUT2D eigenvalue weighted by atomic mass is 16.2. The van der Waals surface area contributed by atoms with Crippen LogP contribution in [0.5, 0.6) is 0 Å². The topological polar surface area (TPSA) is 60.9 Å². The third-order valence-electron chi connectivity index (χ3n) is 6.62. The molecule has 0 aromatic carbocycles. The average Bonchev–Trinajstić information content (AvgIpc) is 2.71. The first-order valence-electron chi connectivity index (χ1n) is 11.5. The van der Waals surface area contributed by atoms with E-state index in [9.17, 15) is 14.4 Å². The lowest BCUT2D eigenvalue weighted by Crippen LogP contribution is -2.51. The molecule has 2 fully saturated rings. The van der Waals surface area contributed by atoms with Crippen molar-refractivity contribution in [1.29, 1.82) is 0 Å². The zero-order valence-corrected chi connectivity index (χ0v) is 19.2. The van der Waals surface area contributed by atoms with Crippen molar-refractivity contribution in [3.05, 3.63) is 0 Å². The number of carbonyl (C=O) groups excluding carboxylic acids is 3. The Bertz CT molecular complexity index is 562. The monoisotopic (exact) mass is 407 g/mol. The van der Waals surface area contributed by atoms with E-state index in [1.165, 1.54) is 37.3 Å². The van der Waals surface area contributed by atoms with Gasteiger partial charge in [-0.15, -0.1) is 0 Å². The number of piperidine rings is 2. The lowest BCUT2D eigenvalue weighted by molar-refractivity contribution is -0.142. The van der Waals surface area contributed by atoms with Crippen LogP contribution in [0.2, 0.25) is 0 Å². The fraction of sp³-hybridized carbons (Fsp3) is 0.870. The lowest BCUT2D eigenvalue weighted by Gasteiger charge is -2.40. The molecule has 0 radical (unpaired) electrons. The molecule has 2 saturated heterocycles. The van der Waals surface area contributed by atoms with Crippen LogP contribution in [0.4, 0.5) is 0 Å². The van der Waals surface area contributed by atoms with E-state index in [1.54, 1.807) is 7.05 Å². The summed E-state index contributed by atoms with van der Waals surface area (Å²) in [6, 6.07) is 0.00148. The van der Waals surface area contributed by atoms with E-state index in [1.807, 2.05) is 27.7 Å². The van der Waals surface area contributed by atoms with Crippen molar-refractivity contribution in [2.24, 2.45) is 11.8 Å². The van der Waals surface area contributed by atoms with Crippen LogP contribution in [0.25, 0.3) is 0 Å². The molecule has 1 atom stereocenters. The van der Waals surface area contributed by atoms with Crippen molar-refractivity contribution < 1.29 is 14.4 Å². The molecular weight excluding hydrogens is 366 g/mol. The third kappa shape index (κ3) is 6.88. The summed E-state index contributed by atoms with van der Waals surface area (Å²) < 4.78 is 0. The van der Waals surface area contributed by atoms with E-state index in [-0.39, 0.29) is 35.7 Å². The Balaban J connectivity index is 1.89. The van der Waals surface area contributed by atoms with Gasteiger partial charge in [-0.2, -0.15) is 0 Å². The van der Waals surface area contributed by atoms with Crippen LogP contribution >= 0.6 is 0 Å². The van der Waals surface area contributed by atoms with Gasteiger partial charge < -0.3 is 9.80 Å². The summed E-state index contributed by atoms with van der Waals surface area (Å²) >= 11 is 0. The summed E-state index contributed by atoms with van der Waals surface area (Å²) in [5.74, 6) is -0.382. The van der Waals surface area contributed by atoms with E-state index in [4.69, 9.17) is 0 Å². The smallest absolute Gasteiger partial charge is 0.237 e. The van der Waals surface area contributed by atoms with E-state index in [0.29, 0.717) is 12.6 Å². The van der Waals surface area contributed by atoms with Gasteiger partial charge in [-0.05, 0) is 38.8 Å². The number of nitrogens with zero attached hydrogens (tertiary/aromatic N) is 3. The van der Waals surface area contributed by atoms with Gasteiger partial charge in [0.1, 0.15) is 5.78 Å². The SMILES string of the molecule is CC(C)C(=O)CC(C(=O)C(C)C)N(C)C(=O)CN1CCC(N2CCCCC2)CC1. The van der Waals surface area contributed by atoms with Crippen LogP contribution < -0.4 is 0 Å². The Hall–Kier alpha value is -1.27. The van der Waals surface area contributed by atoms with Gasteiger partial charge in [-0.25, -0.2) is 0 Å². The van der Waals surface area contributed by atoms with Gasteiger partial charge in [-0.1, -0.05) is 34.1 Å². The number of amides is 1. The summed E-state index contributed by atoms with van der Waals surface area (Å²) in [6.45, 7) is 12.0. The van der Waals surface area contributed by atoms with Crippen LogP contribution in [0.3, 0.4) is 0 Å². The van der Waals surface area contributed by atoms with Crippen molar-refractivity contribution in [3.8, 4) is 0 Å². The number of carbonyl (C=O) groups is 3. The summed E-state index contributed by atoms with van der Waals surface area (Å²) in [5.41, 5.74) is 0. The molecule has 0 aliphatic carbocycles. The van der Waals surface area contributed by atoms with Gasteiger partial charge in [-0.3, -0.25) is 19.3 Å². The molecule has 2 aliphatic rings. The van der Waals surface area contributed by atoms with E-state index >= 15 is 0 Å². The van der Waals surface area contributed by atoms with Crippen LogP contribution in [0, 0.1) is 11.8 Å². The average molecular weight is 408 g/mol. The predicted octanol–water partition coefficient (Wildman–Crippen LogP) is 2.60. The zero-order valence-electron chi connectivity index (χ0n) is 19.2. The van der Waals surface area contributed by atoms with Crippen molar-refractivity contribution in [3.63, 3.8) is 0 Å². The van der Waals surface area contributed by atoms with Crippen molar-refractivity contribution in [2.75, 3.05) is 39.8 Å². The molecule has 2 rings (SSSR count). The third-order valence-corrected chi connectivity index (χ3v) is 6.62. The Morgan fingerprint density at radius 2 is 1.48 bits per heavy atom. The Kier molecular flexibility index (Phi) is 9.28. The number of hydrogen-bond acceptors (Lipinski definition) is 5. The summed E-state index contributed by atoms with van der Waals surface area (Å²) in [4.78, 5) is 44.3. The Labute approximate surface area is 177 Å². The molecule has 6 heteroatoms. The number of likely N-dealkylation sites (tertiary alicyclic amines) is 2. The molecule has 1 unspecified atom stereocenters. The van der Waals surface area contributed by atoms with Crippen LogP contribution in [0.1, 0.15) is 66.2 Å². The standard InChI is InChI=1S/C23H41N3O3/c1-17(2)21(27)15-20(23(29)18(3)4)24(5)22(28)16-25-13-9-19(10-14-25)26-11-7-6-8-12-26/h17-20H,6-16H2,1-5H3. The number of likely N-dealkylation sites (N-methyl/N-ethyl adjacent to an activating group) is 1. The first-order chi connectivity index (χ1) is 13.7. The molecule has 2 heterocycles. The Morgan fingerprint density at radius 3 is 2.00 bits per heavy atom. The van der Waals surface area contributed by atoms with Crippen LogP contribution in [0.15, 0.2) is 0 Å². The highest BCUT2D eigenvalue weighted by Gasteiger charge is 2.33. The molecule has 1 amide bonds. The first kappa shape index (κ1) is 24.0. The molecule has 0 spiro atoms. The van der Waals surface area contributed by atoms with Gasteiger partial charge in [0.05, 0.1) is 12.6 Å². The second-order valence-corrected chi connectivity index (χ2v) is 9.51. The van der Waals surface area contributed by atoms with Gasteiger partial charge in [0.2, 0.25) is 5.91 Å². The van der Waals surface area contributed by atoms with Crippen molar-refractivity contribution in [1.82, 2.24) is 14.7 Å². The van der Waals surface area contributed by atoms with E-state index < -0.39 is 6.04 Å². The Morgan fingerprint density at radius 1 is 0.897 bits per heavy atom. The summed E-state index contributed by atoms with van der Waals surface area (Å²) in [5, 5.41) is 0. The fourth-order valence-electron chi connectivity index (χ4n) is 4.44. The second kappa shape index (κ2) is 11.2. The molecule has 0 N–H and O–H groups in total. The maximum atomic E-state index is 12.9. The normalized spacial score (nSPS) is 20.8. The minimum atomic E-state index is -0.650. The van der Waals surface area contributed by atoms with Crippen LogP contribution in [-0.4, -0.2) is 84.0 Å². The maximum absolute atomic E-state index is 12.9. The molecular formula is C23H41N3O3. The molecule has 166 valence electrons. The minimum absolute atomic E-state index is 0.0290. The maximum Gasteiger partial charge on any atom is 0.237 e. The van der Waals surface area contributed by atoms with Gasteiger partial charge in [0.25, 0.3) is 0 Å². The highest BCUT2D eigenvalue weighted by Crippen LogP contribution is 2.21. The summed E-state index contributed by atoms with van der Waals surface area (Å²) in [7, 11) is 1.68. The second-order valence-electron chi connectivity index (χ2n) is 9.51. The van der Waals surface area contributed by atoms with Crippen molar-refractivity contribution in [2.45, 2.75) is 78.3 Å². The van der Waals surface area contributed by atoms with E-state index in [2.05, 4.69) is 9.80 Å². The van der Waals surface area contributed by atoms with Crippen LogP contribution in [-0.2, 0) is 14.4 Å². The largest absolute Gasteiger partial charge is 0.334 e. The van der Waals surface area contributed by atoms with Gasteiger partial charge in [0, 0.05) is 44.4 Å². The van der Waals surface area contributed by atoms with Gasteiger partial charge in [0.15, 0.2) is 5.78 Å². The van der Waals surface area contributed by atoms with E-state index in [0.717, 1.165) is 25.9 Å². The number of hydrogen-bond donors (Lipinski definition) is 0. The molecule has 2 aliphatic heterocycles. The quantitative estimate of drug-likeness (QED) is 0.588. The number of Topliss-reactive ketones (excluding diaryl/α,β-unsaturated/α-hetero) is 2. The lowest BCUT2D eigenvalue weighted by atomic mass is 9.93. The summed E-state index contributed by atoms with van der Waals surface area (Å²) in [6.07, 6.45) is 6.31. The first-order valence-corrected chi connectivity index (χ1v) is 11.5. The predicted molar refractivity (Wildman–Crippen MR) is 116 cm³/mol. The highest BCUT2D eigenvalue weighted by molar-refractivity contribution is 5.95. The molecule has 0 aromatic rings. The van der Waals surface area contributed by atoms with Gasteiger partial charge >= 0.3 is 0 Å². The molecule has 0 saturated carbocycles. The number of rotatable bonds is 9. The fourth-order valence-corrected chi connectivity index (χ4v) is 4.44. The number of ketones is 2. The molecule has 0 bridgehead atoms. The minimum Gasteiger partial charge on any atom is -0.334 e. The molecule has 0 aromatic heterocycles. The zero-order chi connectivity index (χ0) is 21.6. The van der Waals surface area contributed by atoms with Crippen molar-refractivity contribution >= 4 is 17.5 Å². The molecule has 29 heavy (non-hydrogen) atoms. The molecule has 6 nitrogen and oxygen atoms in total.